The lowest BCUT2D eigenvalue weighted by Crippen LogP contribution is -2.43. The van der Waals surface area contributed by atoms with E-state index in [2.05, 4.69) is 15.3 Å². The maximum Gasteiger partial charge on any atom is 0.251 e. The first-order chi connectivity index (χ1) is 16.7. The Labute approximate surface area is 211 Å². The number of rotatable bonds is 11. The summed E-state index contributed by atoms with van der Waals surface area (Å²) in [7, 11) is 3.40. The molecule has 2 atom stereocenters. The highest BCUT2D eigenvalue weighted by molar-refractivity contribution is 6.30. The number of primary amides is 1. The number of carbonyl (C=O) groups is 2. The minimum absolute atomic E-state index is 0.000415. The lowest BCUT2D eigenvalue weighted by molar-refractivity contribution is -0.124. The Hall–Kier alpha value is -2.79. The van der Waals surface area contributed by atoms with Crippen LogP contribution in [-0.4, -0.2) is 59.3 Å². The van der Waals surface area contributed by atoms with Crippen molar-refractivity contribution < 1.29 is 27.2 Å². The van der Waals surface area contributed by atoms with E-state index >= 15 is 0 Å². The molecule has 3 rings (SSSR count). The van der Waals surface area contributed by atoms with Crippen molar-refractivity contribution in [2.45, 2.75) is 50.5 Å². The van der Waals surface area contributed by atoms with E-state index in [1.165, 1.54) is 12.4 Å². The van der Waals surface area contributed by atoms with Gasteiger partial charge < -0.3 is 16.0 Å². The molecular formula is C24H28ClF4N5O2. The number of aromatic nitrogens is 2. The topological polar surface area (TPSA) is 101 Å². The van der Waals surface area contributed by atoms with Crippen molar-refractivity contribution in [3.8, 4) is 0 Å². The van der Waals surface area contributed by atoms with Gasteiger partial charge in [-0.15, -0.1) is 0 Å². The molecule has 1 saturated carbocycles. The molecule has 0 unspecified atom stereocenters. The summed E-state index contributed by atoms with van der Waals surface area (Å²) in [6.45, 7) is 0.869. The molecule has 36 heavy (non-hydrogen) atoms. The fraction of sp³-hybridized carbons (Fsp3) is 0.500. The molecule has 0 aliphatic heterocycles. The van der Waals surface area contributed by atoms with Crippen molar-refractivity contribution in [1.82, 2.24) is 20.2 Å². The van der Waals surface area contributed by atoms with Crippen LogP contribution in [0.15, 0.2) is 24.5 Å². The summed E-state index contributed by atoms with van der Waals surface area (Å²) in [6.07, 6.45) is 2.80. The average Bonchev–Trinajstić information content (AvgIpc) is 3.59. The highest BCUT2D eigenvalue weighted by atomic mass is 35.5. The van der Waals surface area contributed by atoms with E-state index in [4.69, 9.17) is 17.3 Å². The first kappa shape index (κ1) is 27.8. The van der Waals surface area contributed by atoms with Crippen LogP contribution in [0.4, 0.5) is 17.6 Å². The van der Waals surface area contributed by atoms with Gasteiger partial charge in [0.2, 0.25) is 5.91 Å². The quantitative estimate of drug-likeness (QED) is 0.432. The number of halogens is 5. The third-order valence-corrected chi connectivity index (χ3v) is 6.99. The minimum atomic E-state index is -3.05. The fourth-order valence-corrected chi connectivity index (χ4v) is 4.48. The summed E-state index contributed by atoms with van der Waals surface area (Å²) in [5, 5.41) is 2.96. The monoisotopic (exact) mass is 529 g/mol. The molecule has 1 aromatic carbocycles. The van der Waals surface area contributed by atoms with Crippen LogP contribution in [0.1, 0.15) is 53.8 Å². The summed E-state index contributed by atoms with van der Waals surface area (Å²) in [5.41, 5.74) is 3.07. The summed E-state index contributed by atoms with van der Waals surface area (Å²) in [4.78, 5) is 34.0. The van der Waals surface area contributed by atoms with Gasteiger partial charge in [-0.2, -0.15) is 0 Å². The number of nitrogens with zero attached hydrogens (tertiary/aromatic N) is 3. The molecule has 0 radical (unpaired) electrons. The molecule has 1 aliphatic rings. The Bertz CT molecular complexity index is 1120. The average molecular weight is 530 g/mol. The number of benzene rings is 1. The van der Waals surface area contributed by atoms with Crippen LogP contribution < -0.4 is 11.1 Å². The molecule has 0 bridgehead atoms. The summed E-state index contributed by atoms with van der Waals surface area (Å²) in [5.74, 6) is -7.20. The van der Waals surface area contributed by atoms with E-state index < -0.39 is 52.3 Å². The third-order valence-electron chi connectivity index (χ3n) is 6.79. The highest BCUT2D eigenvalue weighted by Crippen LogP contribution is 2.65. The number of nitrogens with one attached hydrogen (secondary N) is 1. The van der Waals surface area contributed by atoms with Crippen LogP contribution in [0.5, 0.6) is 0 Å². The normalized spacial score (nSPS) is 16.5. The summed E-state index contributed by atoms with van der Waals surface area (Å²) >= 11 is 5.84. The standard InChI is InChI=1S/C24H28ClF4N5O2/c1-23(28,29)24(4-5-24)17(22-32-10-14(25)11-33-22)9-20(35)31-12-15(34(2)3)6-13-7-19(27)16(21(30)36)8-18(13)26/h7-8,10-11,15,17H,4-6,9,12H2,1-3H3,(H2,30,36)(H,31,35)/t15-,17-/m0/s1. The van der Waals surface area contributed by atoms with Crippen molar-refractivity contribution in [2.75, 3.05) is 20.6 Å². The lowest BCUT2D eigenvalue weighted by atomic mass is 9.80. The number of hydrogen-bond donors (Lipinski definition) is 2. The van der Waals surface area contributed by atoms with Gasteiger partial charge in [0, 0.05) is 42.7 Å². The van der Waals surface area contributed by atoms with Crippen molar-refractivity contribution in [2.24, 2.45) is 11.1 Å². The van der Waals surface area contributed by atoms with Gasteiger partial charge in [-0.1, -0.05) is 11.6 Å². The van der Waals surface area contributed by atoms with Crippen LogP contribution in [0.2, 0.25) is 5.02 Å². The van der Waals surface area contributed by atoms with Crippen LogP contribution in [0.25, 0.3) is 0 Å². The van der Waals surface area contributed by atoms with Crippen LogP contribution in [-0.2, 0) is 11.2 Å². The van der Waals surface area contributed by atoms with E-state index in [0.29, 0.717) is 0 Å². The molecule has 0 saturated heterocycles. The SMILES string of the molecule is CN(C)[C@H](CNC(=O)C[C@@H](c1ncc(Cl)cn1)C1(C(C)(F)F)CC1)Cc1cc(F)c(C(N)=O)cc1F. The molecule has 12 heteroatoms. The molecule has 1 aromatic heterocycles. The number of likely N-dealkylation sites (N-methyl/N-ethyl adjacent to an activating group) is 1. The Morgan fingerprint density at radius 2 is 1.81 bits per heavy atom. The number of amides is 2. The van der Waals surface area contributed by atoms with Crippen LogP contribution in [0.3, 0.4) is 0 Å². The van der Waals surface area contributed by atoms with Gasteiger partial charge in [-0.25, -0.2) is 27.5 Å². The van der Waals surface area contributed by atoms with E-state index in [9.17, 15) is 27.2 Å². The largest absolute Gasteiger partial charge is 0.366 e. The Balaban J connectivity index is 1.73. The highest BCUT2D eigenvalue weighted by Gasteiger charge is 2.64. The summed E-state index contributed by atoms with van der Waals surface area (Å²) < 4.78 is 57.7. The second-order valence-corrected chi connectivity index (χ2v) is 9.91. The Kier molecular flexibility index (Phi) is 8.24. The predicted octanol–water partition coefficient (Wildman–Crippen LogP) is 3.71. The minimum Gasteiger partial charge on any atom is -0.366 e. The van der Waals surface area contributed by atoms with Crippen molar-refractivity contribution >= 4 is 23.4 Å². The Morgan fingerprint density at radius 1 is 1.19 bits per heavy atom. The van der Waals surface area contributed by atoms with Crippen molar-refractivity contribution in [3.63, 3.8) is 0 Å². The molecule has 7 nitrogen and oxygen atoms in total. The molecule has 196 valence electrons. The van der Waals surface area contributed by atoms with E-state index in [-0.39, 0.29) is 48.6 Å². The molecule has 1 aliphatic carbocycles. The van der Waals surface area contributed by atoms with Gasteiger partial charge in [0.1, 0.15) is 17.5 Å². The maximum absolute atomic E-state index is 14.5. The lowest BCUT2D eigenvalue weighted by Gasteiger charge is -2.31. The maximum atomic E-state index is 14.5. The molecular weight excluding hydrogens is 502 g/mol. The first-order valence-corrected chi connectivity index (χ1v) is 11.7. The van der Waals surface area contributed by atoms with E-state index in [1.807, 2.05) is 0 Å². The van der Waals surface area contributed by atoms with Gasteiger partial charge in [0.05, 0.1) is 10.6 Å². The third kappa shape index (κ3) is 6.12. The van der Waals surface area contributed by atoms with Gasteiger partial charge in [0.15, 0.2) is 0 Å². The van der Waals surface area contributed by atoms with Crippen LogP contribution >= 0.6 is 11.6 Å². The van der Waals surface area contributed by atoms with E-state index in [0.717, 1.165) is 19.1 Å². The molecule has 3 N–H and O–H groups in total. The summed E-state index contributed by atoms with van der Waals surface area (Å²) in [6, 6.07) is 1.19. The molecule has 1 fully saturated rings. The fourth-order valence-electron chi connectivity index (χ4n) is 4.38. The molecule has 0 spiro atoms. The van der Waals surface area contributed by atoms with Gasteiger partial charge >= 0.3 is 0 Å². The molecule has 2 aromatic rings. The first-order valence-electron chi connectivity index (χ1n) is 11.3. The Morgan fingerprint density at radius 3 is 2.31 bits per heavy atom. The van der Waals surface area contributed by atoms with Gasteiger partial charge in [-0.3, -0.25) is 9.59 Å². The van der Waals surface area contributed by atoms with Crippen molar-refractivity contribution in [1.29, 1.82) is 0 Å². The number of hydrogen-bond acceptors (Lipinski definition) is 5. The second kappa shape index (κ2) is 10.7. The van der Waals surface area contributed by atoms with E-state index in [1.54, 1.807) is 19.0 Å². The molecule has 2 amide bonds. The smallest absolute Gasteiger partial charge is 0.251 e. The number of nitrogens with two attached hydrogens (primary N) is 1. The zero-order valence-corrected chi connectivity index (χ0v) is 20.9. The zero-order valence-electron chi connectivity index (χ0n) is 20.1. The predicted molar refractivity (Wildman–Crippen MR) is 126 cm³/mol. The van der Waals surface area contributed by atoms with Gasteiger partial charge in [-0.05, 0) is 58.0 Å². The number of carbonyl (C=O) groups excluding carboxylic acids is 2. The second-order valence-electron chi connectivity index (χ2n) is 9.47. The van der Waals surface area contributed by atoms with Crippen LogP contribution in [0, 0.1) is 17.0 Å². The van der Waals surface area contributed by atoms with Crippen molar-refractivity contribution in [3.05, 3.63) is 58.1 Å². The zero-order chi connectivity index (χ0) is 26.8. The number of alkyl halides is 2. The van der Waals surface area contributed by atoms with Gasteiger partial charge in [0.25, 0.3) is 11.8 Å². The molecule has 1 heterocycles.